The fraction of sp³-hybridized carbons (Fsp3) is 0.150. The Balaban J connectivity index is 2.26. The van der Waals surface area contributed by atoms with Crippen LogP contribution in [0.2, 0.25) is 0 Å². The zero-order chi connectivity index (χ0) is 20.3. The van der Waals surface area contributed by atoms with Crippen molar-refractivity contribution in [2.75, 3.05) is 13.4 Å². The Morgan fingerprint density at radius 2 is 1.75 bits per heavy atom. The number of rotatable bonds is 5. The number of nitrogens with zero attached hydrogens (tertiary/aromatic N) is 2. The molecule has 2 aromatic carbocycles. The predicted octanol–water partition coefficient (Wildman–Crippen LogP) is 2.15. The maximum atomic E-state index is 13.1. The molecule has 0 saturated carbocycles. The summed E-state index contributed by atoms with van der Waals surface area (Å²) in [5.74, 6) is -0.597. The van der Waals surface area contributed by atoms with Crippen LogP contribution in [0.3, 0.4) is 0 Å². The number of esters is 1. The highest BCUT2D eigenvalue weighted by atomic mass is 32.2. The van der Waals surface area contributed by atoms with Gasteiger partial charge >= 0.3 is 5.97 Å². The highest BCUT2D eigenvalue weighted by molar-refractivity contribution is 7.90. The van der Waals surface area contributed by atoms with Crippen LogP contribution in [-0.4, -0.2) is 37.5 Å². The minimum absolute atomic E-state index is 0.141. The number of sulfone groups is 1. The molecule has 1 heterocycles. The molecule has 1 aromatic heterocycles. The van der Waals surface area contributed by atoms with Crippen molar-refractivity contribution in [2.45, 2.75) is 11.4 Å². The molecule has 8 heteroatoms. The van der Waals surface area contributed by atoms with E-state index in [2.05, 4.69) is 9.84 Å². The Hall–Kier alpha value is -3.26. The summed E-state index contributed by atoms with van der Waals surface area (Å²) in [6.45, 7) is -0.321. The molecule has 3 aromatic rings. The van der Waals surface area contributed by atoms with Crippen LogP contribution in [0.15, 0.2) is 70.5 Å². The van der Waals surface area contributed by atoms with Gasteiger partial charge in [-0.2, -0.15) is 5.10 Å². The lowest BCUT2D eigenvalue weighted by Crippen LogP contribution is -2.28. The van der Waals surface area contributed by atoms with E-state index in [0.717, 1.165) is 10.9 Å². The number of carbonyl (C=O) groups excluding carboxylic acids is 1. The van der Waals surface area contributed by atoms with Crippen molar-refractivity contribution >= 4 is 15.8 Å². The third-order valence-electron chi connectivity index (χ3n) is 4.19. The molecular weight excluding hydrogens is 380 g/mol. The van der Waals surface area contributed by atoms with Gasteiger partial charge in [0, 0.05) is 11.8 Å². The average molecular weight is 398 g/mol. The molecule has 144 valence electrons. The van der Waals surface area contributed by atoms with Gasteiger partial charge in [-0.25, -0.2) is 13.1 Å². The summed E-state index contributed by atoms with van der Waals surface area (Å²) >= 11 is 0. The topological polar surface area (TPSA) is 95.3 Å². The first-order valence-electron chi connectivity index (χ1n) is 8.34. The normalized spacial score (nSPS) is 11.2. The summed E-state index contributed by atoms with van der Waals surface area (Å²) in [4.78, 5) is 24.8. The molecule has 0 spiro atoms. The van der Waals surface area contributed by atoms with Gasteiger partial charge in [0.25, 0.3) is 5.56 Å². The summed E-state index contributed by atoms with van der Waals surface area (Å²) in [5.41, 5.74) is 1.50. The van der Waals surface area contributed by atoms with Crippen molar-refractivity contribution in [3.63, 3.8) is 0 Å². The van der Waals surface area contributed by atoms with Gasteiger partial charge in [-0.3, -0.25) is 9.59 Å². The van der Waals surface area contributed by atoms with Crippen LogP contribution in [0.4, 0.5) is 0 Å². The molecule has 0 fully saturated rings. The molecular formula is C20H18N2O5S. The molecule has 0 N–H and O–H groups in total. The van der Waals surface area contributed by atoms with Crippen molar-refractivity contribution in [1.29, 1.82) is 0 Å². The average Bonchev–Trinajstić information content (AvgIpc) is 2.69. The van der Waals surface area contributed by atoms with Gasteiger partial charge < -0.3 is 4.74 Å². The van der Waals surface area contributed by atoms with Crippen molar-refractivity contribution in [3.8, 4) is 22.3 Å². The molecule has 7 nitrogen and oxygen atoms in total. The fourth-order valence-corrected chi connectivity index (χ4v) is 3.45. The lowest BCUT2D eigenvalue weighted by Gasteiger charge is -2.13. The van der Waals surface area contributed by atoms with E-state index in [4.69, 9.17) is 0 Å². The Labute approximate surface area is 162 Å². The van der Waals surface area contributed by atoms with Gasteiger partial charge in [0.15, 0.2) is 9.84 Å². The van der Waals surface area contributed by atoms with Crippen molar-refractivity contribution in [1.82, 2.24) is 9.78 Å². The molecule has 0 atom stereocenters. The first-order valence-corrected chi connectivity index (χ1v) is 10.2. The molecule has 0 radical (unpaired) electrons. The van der Waals surface area contributed by atoms with Crippen molar-refractivity contribution < 1.29 is 17.9 Å². The second-order valence-electron chi connectivity index (χ2n) is 6.14. The van der Waals surface area contributed by atoms with Crippen LogP contribution in [0.25, 0.3) is 22.3 Å². The first kappa shape index (κ1) is 19.5. The summed E-state index contributed by atoms with van der Waals surface area (Å²) in [6.07, 6.45) is 2.57. The second-order valence-corrected chi connectivity index (χ2v) is 8.15. The zero-order valence-corrected chi connectivity index (χ0v) is 16.1. The Morgan fingerprint density at radius 1 is 1.07 bits per heavy atom. The van der Waals surface area contributed by atoms with Gasteiger partial charge in [-0.1, -0.05) is 42.5 Å². The van der Waals surface area contributed by atoms with Crippen molar-refractivity contribution in [2.24, 2.45) is 0 Å². The minimum atomic E-state index is -3.41. The zero-order valence-electron chi connectivity index (χ0n) is 15.3. The van der Waals surface area contributed by atoms with E-state index in [1.54, 1.807) is 36.4 Å². The van der Waals surface area contributed by atoms with Crippen LogP contribution >= 0.6 is 0 Å². The lowest BCUT2D eigenvalue weighted by atomic mass is 9.97. The highest BCUT2D eigenvalue weighted by Gasteiger charge is 2.18. The van der Waals surface area contributed by atoms with Gasteiger partial charge in [-0.15, -0.1) is 0 Å². The molecule has 0 saturated heterocycles. The largest absolute Gasteiger partial charge is 0.468 e. The van der Waals surface area contributed by atoms with Crippen LogP contribution < -0.4 is 5.56 Å². The molecule has 0 aliphatic rings. The standard InChI is InChI=1S/C20H18N2O5S/c1-27-18(23)13-22-20(24)19(14-7-4-3-5-8-14)17(12-21-22)15-9-6-10-16(11-15)28(2,25)26/h3-12H,13H2,1-2H3. The number of carbonyl (C=O) groups is 1. The van der Waals surface area contributed by atoms with Gasteiger partial charge in [0.2, 0.25) is 0 Å². The van der Waals surface area contributed by atoms with Crippen LogP contribution in [0.1, 0.15) is 0 Å². The molecule has 0 unspecified atom stereocenters. The number of hydrogen-bond donors (Lipinski definition) is 0. The van der Waals surface area contributed by atoms with E-state index in [1.807, 2.05) is 6.07 Å². The van der Waals surface area contributed by atoms with Gasteiger partial charge in [0.1, 0.15) is 6.54 Å². The monoisotopic (exact) mass is 398 g/mol. The number of ether oxygens (including phenoxy) is 1. The smallest absolute Gasteiger partial charge is 0.327 e. The van der Waals surface area contributed by atoms with E-state index in [0.29, 0.717) is 22.3 Å². The molecule has 0 amide bonds. The van der Waals surface area contributed by atoms with Crippen molar-refractivity contribution in [3.05, 3.63) is 71.1 Å². The van der Waals surface area contributed by atoms with E-state index in [1.165, 1.54) is 25.4 Å². The molecule has 3 rings (SSSR count). The van der Waals surface area contributed by atoms with E-state index < -0.39 is 21.4 Å². The number of methoxy groups -OCH3 is 1. The third kappa shape index (κ3) is 4.01. The quantitative estimate of drug-likeness (QED) is 0.611. The lowest BCUT2D eigenvalue weighted by molar-refractivity contribution is -0.141. The molecule has 28 heavy (non-hydrogen) atoms. The summed E-state index contributed by atoms with van der Waals surface area (Å²) in [7, 11) is -2.18. The maximum Gasteiger partial charge on any atom is 0.327 e. The van der Waals surface area contributed by atoms with Gasteiger partial charge in [0.05, 0.1) is 23.8 Å². The van der Waals surface area contributed by atoms with E-state index >= 15 is 0 Å². The first-order chi connectivity index (χ1) is 13.3. The molecule has 0 bridgehead atoms. The molecule has 0 aliphatic carbocycles. The molecule has 0 aliphatic heterocycles. The number of hydrogen-bond acceptors (Lipinski definition) is 6. The van der Waals surface area contributed by atoms with Gasteiger partial charge in [-0.05, 0) is 23.3 Å². The van der Waals surface area contributed by atoms with E-state index in [9.17, 15) is 18.0 Å². The fourth-order valence-electron chi connectivity index (χ4n) is 2.79. The summed E-state index contributed by atoms with van der Waals surface area (Å²) in [6, 6.07) is 15.2. The predicted molar refractivity (Wildman–Crippen MR) is 104 cm³/mol. The van der Waals surface area contributed by atoms with Crippen LogP contribution in [-0.2, 0) is 25.9 Å². The Morgan fingerprint density at radius 3 is 2.39 bits per heavy atom. The minimum Gasteiger partial charge on any atom is -0.468 e. The van der Waals surface area contributed by atoms with Crippen LogP contribution in [0.5, 0.6) is 0 Å². The number of aromatic nitrogens is 2. The third-order valence-corrected chi connectivity index (χ3v) is 5.30. The Bertz CT molecular complexity index is 1180. The SMILES string of the molecule is COC(=O)Cn1ncc(-c2cccc(S(C)(=O)=O)c2)c(-c2ccccc2)c1=O. The summed E-state index contributed by atoms with van der Waals surface area (Å²) in [5, 5.41) is 4.07. The maximum absolute atomic E-state index is 13.1. The van der Waals surface area contributed by atoms with Crippen LogP contribution in [0, 0.1) is 0 Å². The second kappa shape index (κ2) is 7.77. The highest BCUT2D eigenvalue weighted by Crippen LogP contribution is 2.30. The Kier molecular flexibility index (Phi) is 5.41. The van der Waals surface area contributed by atoms with E-state index in [-0.39, 0.29) is 11.4 Å². The number of benzene rings is 2. The summed E-state index contributed by atoms with van der Waals surface area (Å²) < 4.78 is 29.5.